The van der Waals surface area contributed by atoms with Crippen molar-refractivity contribution in [3.8, 4) is 0 Å². The van der Waals surface area contributed by atoms with E-state index in [0.717, 1.165) is 17.9 Å². The molecule has 1 aliphatic rings. The van der Waals surface area contributed by atoms with E-state index in [9.17, 15) is 0 Å². The van der Waals surface area contributed by atoms with Crippen LogP contribution in [0.2, 0.25) is 5.02 Å². The SMILES string of the molecule is Cc1ccccc1[C@@H](C)NC1CCc2cc(Cl)ccc21. The van der Waals surface area contributed by atoms with Gasteiger partial charge in [-0.15, -0.1) is 0 Å². The summed E-state index contributed by atoms with van der Waals surface area (Å²) in [6.45, 7) is 4.42. The first-order valence-electron chi connectivity index (χ1n) is 7.25. The standard InChI is InChI=1S/C18H20ClN/c1-12-5-3-4-6-16(12)13(2)20-18-10-7-14-11-15(19)8-9-17(14)18/h3-6,8-9,11,13,18,20H,7,10H2,1-2H3/t13-,18?/m1/s1. The Labute approximate surface area is 126 Å². The Kier molecular flexibility index (Phi) is 3.82. The molecule has 0 bridgehead atoms. The van der Waals surface area contributed by atoms with Gasteiger partial charge in [0.05, 0.1) is 0 Å². The van der Waals surface area contributed by atoms with Crippen molar-refractivity contribution in [2.75, 3.05) is 0 Å². The molecule has 2 atom stereocenters. The Bertz CT molecular complexity index is 621. The van der Waals surface area contributed by atoms with Gasteiger partial charge in [0.15, 0.2) is 0 Å². The summed E-state index contributed by atoms with van der Waals surface area (Å²) in [6, 6.07) is 15.7. The Morgan fingerprint density at radius 2 is 2.00 bits per heavy atom. The molecule has 0 saturated heterocycles. The Balaban J connectivity index is 1.79. The van der Waals surface area contributed by atoms with E-state index < -0.39 is 0 Å². The third-order valence-electron chi connectivity index (χ3n) is 4.29. The predicted molar refractivity (Wildman–Crippen MR) is 85.2 cm³/mol. The van der Waals surface area contributed by atoms with E-state index in [-0.39, 0.29) is 0 Å². The highest BCUT2D eigenvalue weighted by atomic mass is 35.5. The maximum absolute atomic E-state index is 6.07. The first-order valence-corrected chi connectivity index (χ1v) is 7.63. The minimum atomic E-state index is 0.364. The summed E-state index contributed by atoms with van der Waals surface area (Å²) in [4.78, 5) is 0. The molecule has 0 saturated carbocycles. The maximum atomic E-state index is 6.07. The van der Waals surface area contributed by atoms with E-state index in [4.69, 9.17) is 11.6 Å². The van der Waals surface area contributed by atoms with E-state index in [2.05, 4.69) is 55.6 Å². The molecule has 0 fully saturated rings. The van der Waals surface area contributed by atoms with Gasteiger partial charge >= 0.3 is 0 Å². The summed E-state index contributed by atoms with van der Waals surface area (Å²) in [6.07, 6.45) is 2.28. The molecular weight excluding hydrogens is 266 g/mol. The average Bonchev–Trinajstić information content (AvgIpc) is 2.81. The van der Waals surface area contributed by atoms with E-state index in [1.807, 2.05) is 6.07 Å². The number of nitrogens with one attached hydrogen (secondary N) is 1. The first-order chi connectivity index (χ1) is 9.65. The molecule has 3 rings (SSSR count). The van der Waals surface area contributed by atoms with Crippen molar-refractivity contribution in [2.45, 2.75) is 38.8 Å². The van der Waals surface area contributed by atoms with Crippen LogP contribution in [0.5, 0.6) is 0 Å². The van der Waals surface area contributed by atoms with E-state index in [0.29, 0.717) is 12.1 Å². The zero-order chi connectivity index (χ0) is 14.1. The molecular formula is C18H20ClN. The lowest BCUT2D eigenvalue weighted by molar-refractivity contribution is 0.464. The first kappa shape index (κ1) is 13.7. The molecule has 0 aliphatic heterocycles. The van der Waals surface area contributed by atoms with E-state index in [1.54, 1.807) is 0 Å². The highest BCUT2D eigenvalue weighted by Crippen LogP contribution is 2.34. The van der Waals surface area contributed by atoms with Gasteiger partial charge in [0.25, 0.3) is 0 Å². The van der Waals surface area contributed by atoms with Gasteiger partial charge in [0.1, 0.15) is 0 Å². The smallest absolute Gasteiger partial charge is 0.0408 e. The second-order valence-corrected chi connectivity index (χ2v) is 6.12. The highest BCUT2D eigenvalue weighted by Gasteiger charge is 2.24. The maximum Gasteiger partial charge on any atom is 0.0408 e. The monoisotopic (exact) mass is 285 g/mol. The van der Waals surface area contributed by atoms with Gasteiger partial charge in [-0.05, 0) is 61.1 Å². The van der Waals surface area contributed by atoms with E-state index in [1.165, 1.54) is 22.3 Å². The number of rotatable bonds is 3. The molecule has 0 amide bonds. The summed E-state index contributed by atoms with van der Waals surface area (Å²) in [5.74, 6) is 0. The van der Waals surface area contributed by atoms with E-state index >= 15 is 0 Å². The van der Waals surface area contributed by atoms with Crippen molar-refractivity contribution in [3.05, 3.63) is 69.7 Å². The fourth-order valence-corrected chi connectivity index (χ4v) is 3.42. The van der Waals surface area contributed by atoms with Crippen molar-refractivity contribution in [1.82, 2.24) is 5.32 Å². The van der Waals surface area contributed by atoms with Gasteiger partial charge in [-0.2, -0.15) is 0 Å². The van der Waals surface area contributed by atoms with Gasteiger partial charge in [0.2, 0.25) is 0 Å². The zero-order valence-corrected chi connectivity index (χ0v) is 12.7. The van der Waals surface area contributed by atoms with Crippen LogP contribution in [-0.4, -0.2) is 0 Å². The van der Waals surface area contributed by atoms with Crippen LogP contribution in [0, 0.1) is 6.92 Å². The summed E-state index contributed by atoms with van der Waals surface area (Å²) in [5.41, 5.74) is 5.54. The molecule has 1 N–H and O–H groups in total. The molecule has 1 aliphatic carbocycles. The zero-order valence-electron chi connectivity index (χ0n) is 12.0. The topological polar surface area (TPSA) is 12.0 Å². The number of aryl methyl sites for hydroxylation is 2. The molecule has 0 heterocycles. The highest BCUT2D eigenvalue weighted by molar-refractivity contribution is 6.30. The van der Waals surface area contributed by atoms with Crippen LogP contribution >= 0.6 is 11.6 Å². The van der Waals surface area contributed by atoms with Crippen LogP contribution in [0.25, 0.3) is 0 Å². The number of benzene rings is 2. The molecule has 0 radical (unpaired) electrons. The second kappa shape index (κ2) is 5.59. The molecule has 2 heteroatoms. The molecule has 0 spiro atoms. The minimum Gasteiger partial charge on any atom is -0.303 e. The molecule has 104 valence electrons. The molecule has 2 aromatic rings. The normalized spacial score (nSPS) is 18.9. The molecule has 2 aromatic carbocycles. The van der Waals surface area contributed by atoms with Crippen LogP contribution in [0.15, 0.2) is 42.5 Å². The molecule has 1 nitrogen and oxygen atoms in total. The van der Waals surface area contributed by atoms with Crippen molar-refractivity contribution in [2.24, 2.45) is 0 Å². The van der Waals surface area contributed by atoms with Crippen LogP contribution < -0.4 is 5.32 Å². The average molecular weight is 286 g/mol. The lowest BCUT2D eigenvalue weighted by atomic mass is 10.0. The lowest BCUT2D eigenvalue weighted by Crippen LogP contribution is -2.23. The van der Waals surface area contributed by atoms with Gasteiger partial charge in [-0.3, -0.25) is 0 Å². The van der Waals surface area contributed by atoms with Gasteiger partial charge < -0.3 is 5.32 Å². The molecule has 1 unspecified atom stereocenters. The number of hydrogen-bond acceptors (Lipinski definition) is 1. The Hall–Kier alpha value is -1.31. The number of halogens is 1. The van der Waals surface area contributed by atoms with Crippen molar-refractivity contribution in [1.29, 1.82) is 0 Å². The predicted octanol–water partition coefficient (Wildman–Crippen LogP) is 4.99. The fourth-order valence-electron chi connectivity index (χ4n) is 3.22. The van der Waals surface area contributed by atoms with Crippen LogP contribution in [0.1, 0.15) is 47.7 Å². The minimum absolute atomic E-state index is 0.364. The Morgan fingerprint density at radius 1 is 1.20 bits per heavy atom. The second-order valence-electron chi connectivity index (χ2n) is 5.68. The van der Waals surface area contributed by atoms with Gasteiger partial charge in [0, 0.05) is 17.1 Å². The number of fused-ring (bicyclic) bond motifs is 1. The summed E-state index contributed by atoms with van der Waals surface area (Å²) >= 11 is 6.07. The van der Waals surface area contributed by atoms with Crippen molar-refractivity contribution in [3.63, 3.8) is 0 Å². The van der Waals surface area contributed by atoms with Crippen molar-refractivity contribution >= 4 is 11.6 Å². The van der Waals surface area contributed by atoms with Crippen LogP contribution in [0.4, 0.5) is 0 Å². The summed E-state index contributed by atoms with van der Waals surface area (Å²) in [7, 11) is 0. The third kappa shape index (κ3) is 2.61. The largest absolute Gasteiger partial charge is 0.303 e. The van der Waals surface area contributed by atoms with Crippen LogP contribution in [-0.2, 0) is 6.42 Å². The third-order valence-corrected chi connectivity index (χ3v) is 4.52. The summed E-state index contributed by atoms with van der Waals surface area (Å²) < 4.78 is 0. The van der Waals surface area contributed by atoms with Gasteiger partial charge in [-0.25, -0.2) is 0 Å². The molecule has 0 aromatic heterocycles. The lowest BCUT2D eigenvalue weighted by Gasteiger charge is -2.22. The Morgan fingerprint density at radius 3 is 2.80 bits per heavy atom. The summed E-state index contributed by atoms with van der Waals surface area (Å²) in [5, 5.41) is 4.61. The fraction of sp³-hybridized carbons (Fsp3) is 0.333. The van der Waals surface area contributed by atoms with Gasteiger partial charge in [-0.1, -0.05) is 41.9 Å². The quantitative estimate of drug-likeness (QED) is 0.838. The molecule has 20 heavy (non-hydrogen) atoms. The van der Waals surface area contributed by atoms with Crippen molar-refractivity contribution < 1.29 is 0 Å². The van der Waals surface area contributed by atoms with Crippen LogP contribution in [0.3, 0.4) is 0 Å². The number of hydrogen-bond donors (Lipinski definition) is 1.